The Morgan fingerprint density at radius 1 is 1.34 bits per heavy atom. The van der Waals surface area contributed by atoms with E-state index in [1.807, 2.05) is 6.07 Å². The van der Waals surface area contributed by atoms with E-state index in [0.29, 0.717) is 23.5 Å². The summed E-state index contributed by atoms with van der Waals surface area (Å²) in [6.45, 7) is 0.356. The molecule has 2 heterocycles. The third-order valence-electron chi connectivity index (χ3n) is 4.94. The fraction of sp³-hybridized carbons (Fsp3) is 0.500. The van der Waals surface area contributed by atoms with Crippen LogP contribution in [0.25, 0.3) is 5.69 Å². The summed E-state index contributed by atoms with van der Waals surface area (Å²) in [5.74, 6) is 0.473. The summed E-state index contributed by atoms with van der Waals surface area (Å²) in [6, 6.07) is 7.95. The Balaban J connectivity index is 1.71. The first kappa shape index (κ1) is 23.8. The number of alkyl halides is 3. The number of rotatable bonds is 8. The van der Waals surface area contributed by atoms with Crippen LogP contribution in [0.3, 0.4) is 0 Å². The van der Waals surface area contributed by atoms with Crippen molar-refractivity contribution in [3.63, 3.8) is 0 Å². The van der Waals surface area contributed by atoms with Gasteiger partial charge < -0.3 is 20.3 Å². The second-order valence-electron chi connectivity index (χ2n) is 7.61. The van der Waals surface area contributed by atoms with Gasteiger partial charge in [0.05, 0.1) is 24.4 Å². The number of nitrogens with zero attached hydrogens (tertiary/aromatic N) is 3. The first-order chi connectivity index (χ1) is 15.2. The molecule has 9 nitrogen and oxygen atoms in total. The molecule has 0 spiro atoms. The molecule has 0 radical (unpaired) electrons. The van der Waals surface area contributed by atoms with Crippen LogP contribution >= 0.6 is 0 Å². The molecule has 12 heteroatoms. The fourth-order valence-electron chi connectivity index (χ4n) is 3.42. The summed E-state index contributed by atoms with van der Waals surface area (Å²) in [7, 11) is 0. The molecule has 3 rings (SSSR count). The highest BCUT2D eigenvalue weighted by Crippen LogP contribution is 2.28. The average Bonchev–Trinajstić information content (AvgIpc) is 3.29. The Morgan fingerprint density at radius 3 is 2.72 bits per heavy atom. The number of ether oxygens (including phenoxy) is 1. The number of aliphatic hydroxyl groups is 2. The van der Waals surface area contributed by atoms with Crippen LogP contribution in [0.5, 0.6) is 5.88 Å². The van der Waals surface area contributed by atoms with Gasteiger partial charge >= 0.3 is 12.2 Å². The highest BCUT2D eigenvalue weighted by atomic mass is 19.4. The number of aliphatic hydroxyl groups excluding tert-OH is 2. The van der Waals surface area contributed by atoms with E-state index in [4.69, 9.17) is 9.84 Å². The van der Waals surface area contributed by atoms with E-state index in [0.717, 1.165) is 0 Å². The lowest BCUT2D eigenvalue weighted by Gasteiger charge is -2.18. The summed E-state index contributed by atoms with van der Waals surface area (Å²) in [4.78, 5) is 13.9. The minimum absolute atomic E-state index is 0.108. The summed E-state index contributed by atoms with van der Waals surface area (Å²) < 4.78 is 44.7. The second kappa shape index (κ2) is 10.2. The smallest absolute Gasteiger partial charge is 0.401 e. The van der Waals surface area contributed by atoms with Gasteiger partial charge in [0.15, 0.2) is 0 Å². The Hall–Kier alpha value is -2.83. The zero-order valence-electron chi connectivity index (χ0n) is 17.5. The standard InChI is InChI=1S/C20H26F3N5O4/c1-13-17(25-19(31)24-14-7-8-27(9-14)12-20(21,22)23)28(15-5-3-2-4-6-15)26-18(13)32-11-16(30)10-29/h2-6,14,16,29-30H,7-12H2,1H3,(H2,24,25,31). The van der Waals surface area contributed by atoms with Gasteiger partial charge in [-0.1, -0.05) is 18.2 Å². The first-order valence-corrected chi connectivity index (χ1v) is 10.1. The van der Waals surface area contributed by atoms with Crippen LogP contribution in [-0.4, -0.2) is 82.1 Å². The summed E-state index contributed by atoms with van der Waals surface area (Å²) in [5.41, 5.74) is 1.12. The van der Waals surface area contributed by atoms with Crippen molar-refractivity contribution in [2.75, 3.05) is 38.2 Å². The molecule has 2 atom stereocenters. The van der Waals surface area contributed by atoms with Gasteiger partial charge in [0.25, 0.3) is 0 Å². The normalized spacial score (nSPS) is 17.9. The highest BCUT2D eigenvalue weighted by Gasteiger charge is 2.34. The number of nitrogens with one attached hydrogen (secondary N) is 2. The predicted octanol–water partition coefficient (Wildman–Crippen LogP) is 1.67. The molecule has 2 aromatic rings. The van der Waals surface area contributed by atoms with Crippen molar-refractivity contribution in [1.82, 2.24) is 20.0 Å². The molecule has 1 fully saturated rings. The largest absolute Gasteiger partial charge is 0.474 e. The van der Waals surface area contributed by atoms with Crippen molar-refractivity contribution in [2.24, 2.45) is 0 Å². The highest BCUT2D eigenvalue weighted by molar-refractivity contribution is 5.90. The number of carbonyl (C=O) groups is 1. The van der Waals surface area contributed by atoms with Gasteiger partial charge in [-0.3, -0.25) is 10.2 Å². The minimum Gasteiger partial charge on any atom is -0.474 e. The Kier molecular flexibility index (Phi) is 7.59. The molecule has 0 aliphatic carbocycles. The molecular formula is C20H26F3N5O4. The number of aromatic nitrogens is 2. The van der Waals surface area contributed by atoms with Crippen LogP contribution in [0, 0.1) is 6.92 Å². The van der Waals surface area contributed by atoms with Crippen LogP contribution in [0.1, 0.15) is 12.0 Å². The van der Waals surface area contributed by atoms with E-state index >= 15 is 0 Å². The third-order valence-corrected chi connectivity index (χ3v) is 4.94. The van der Waals surface area contributed by atoms with Crippen LogP contribution in [0.15, 0.2) is 30.3 Å². The van der Waals surface area contributed by atoms with Crippen LogP contribution in [0.2, 0.25) is 0 Å². The van der Waals surface area contributed by atoms with Crippen LogP contribution < -0.4 is 15.4 Å². The van der Waals surface area contributed by atoms with E-state index in [-0.39, 0.29) is 25.6 Å². The molecule has 0 saturated carbocycles. The molecule has 176 valence electrons. The molecular weight excluding hydrogens is 431 g/mol. The topological polar surface area (TPSA) is 112 Å². The van der Waals surface area contributed by atoms with E-state index < -0.39 is 37.5 Å². The maximum absolute atomic E-state index is 12.6. The van der Waals surface area contributed by atoms with Gasteiger partial charge in [-0.25, -0.2) is 9.48 Å². The Morgan fingerprint density at radius 2 is 2.06 bits per heavy atom. The van der Waals surface area contributed by atoms with Crippen molar-refractivity contribution in [3.8, 4) is 11.6 Å². The quantitative estimate of drug-likeness (QED) is 0.480. The lowest BCUT2D eigenvalue weighted by molar-refractivity contribution is -0.143. The fourth-order valence-corrected chi connectivity index (χ4v) is 3.42. The number of para-hydroxylation sites is 1. The summed E-state index contributed by atoms with van der Waals surface area (Å²) >= 11 is 0. The van der Waals surface area contributed by atoms with Crippen molar-refractivity contribution in [1.29, 1.82) is 0 Å². The number of amides is 2. The second-order valence-corrected chi connectivity index (χ2v) is 7.61. The molecule has 4 N–H and O–H groups in total. The minimum atomic E-state index is -4.28. The van der Waals surface area contributed by atoms with Gasteiger partial charge in [0.1, 0.15) is 18.5 Å². The lowest BCUT2D eigenvalue weighted by atomic mass is 10.3. The van der Waals surface area contributed by atoms with Crippen LogP contribution in [0.4, 0.5) is 23.8 Å². The number of carbonyl (C=O) groups excluding carboxylic acids is 1. The molecule has 32 heavy (non-hydrogen) atoms. The van der Waals surface area contributed by atoms with Gasteiger partial charge in [-0.05, 0) is 25.5 Å². The maximum atomic E-state index is 12.6. The number of urea groups is 1. The Bertz CT molecular complexity index is 907. The third kappa shape index (κ3) is 6.34. The molecule has 2 unspecified atom stereocenters. The van der Waals surface area contributed by atoms with Gasteiger partial charge in [0, 0.05) is 19.1 Å². The SMILES string of the molecule is Cc1c(OCC(O)CO)nn(-c2ccccc2)c1NC(=O)NC1CCN(CC(F)(F)F)C1. The first-order valence-electron chi connectivity index (χ1n) is 10.1. The van der Waals surface area contributed by atoms with Gasteiger partial charge in [-0.15, -0.1) is 5.10 Å². The van der Waals surface area contributed by atoms with E-state index in [1.54, 1.807) is 31.2 Å². The number of hydrogen-bond acceptors (Lipinski definition) is 6. The lowest BCUT2D eigenvalue weighted by Crippen LogP contribution is -2.41. The van der Waals surface area contributed by atoms with E-state index in [1.165, 1.54) is 9.58 Å². The van der Waals surface area contributed by atoms with Crippen molar-refractivity contribution >= 4 is 11.8 Å². The number of hydrogen-bond donors (Lipinski definition) is 4. The van der Waals surface area contributed by atoms with Gasteiger partial charge in [-0.2, -0.15) is 13.2 Å². The molecule has 0 bridgehead atoms. The number of likely N-dealkylation sites (tertiary alicyclic amines) is 1. The molecule has 1 aromatic carbocycles. The van der Waals surface area contributed by atoms with Crippen molar-refractivity contribution in [2.45, 2.75) is 31.7 Å². The summed E-state index contributed by atoms with van der Waals surface area (Å²) in [6.07, 6.45) is -4.96. The molecule has 1 aromatic heterocycles. The number of halogens is 3. The Labute approximate surface area is 182 Å². The molecule has 2 amide bonds. The number of anilines is 1. The van der Waals surface area contributed by atoms with Gasteiger partial charge in [0.2, 0.25) is 5.88 Å². The molecule has 1 saturated heterocycles. The zero-order chi connectivity index (χ0) is 23.3. The summed E-state index contributed by atoms with van der Waals surface area (Å²) in [5, 5.41) is 28.3. The zero-order valence-corrected chi connectivity index (χ0v) is 17.5. The average molecular weight is 457 g/mol. The predicted molar refractivity (Wildman–Crippen MR) is 110 cm³/mol. The molecule has 1 aliphatic rings. The van der Waals surface area contributed by atoms with Crippen LogP contribution in [-0.2, 0) is 0 Å². The van der Waals surface area contributed by atoms with Crippen molar-refractivity contribution < 1.29 is 32.9 Å². The van der Waals surface area contributed by atoms with E-state index in [2.05, 4.69) is 15.7 Å². The van der Waals surface area contributed by atoms with E-state index in [9.17, 15) is 23.1 Å². The maximum Gasteiger partial charge on any atom is 0.401 e. The monoisotopic (exact) mass is 457 g/mol. The van der Waals surface area contributed by atoms with Crippen molar-refractivity contribution in [3.05, 3.63) is 35.9 Å². The molecule has 1 aliphatic heterocycles. The number of benzene rings is 1.